The molecule has 1 aromatic carbocycles. The molecule has 17 heavy (non-hydrogen) atoms. The van der Waals surface area contributed by atoms with Crippen molar-refractivity contribution in [3.05, 3.63) is 42.0 Å². The minimum Gasteiger partial charge on any atom is -0.494 e. The van der Waals surface area contributed by atoms with E-state index in [1.54, 1.807) is 0 Å². The second-order valence-electron chi connectivity index (χ2n) is 4.10. The first kappa shape index (κ1) is 13.8. The Kier molecular flexibility index (Phi) is 7.15. The summed E-state index contributed by atoms with van der Waals surface area (Å²) in [7, 11) is 0. The Morgan fingerprint density at radius 2 is 2.06 bits per heavy atom. The molecule has 2 heteroatoms. The highest BCUT2D eigenvalue weighted by Crippen LogP contribution is 2.13. The molecule has 94 valence electrons. The zero-order chi connectivity index (χ0) is 12.3. The van der Waals surface area contributed by atoms with E-state index in [1.807, 2.05) is 24.3 Å². The zero-order valence-electron chi connectivity index (χ0n) is 10.7. The van der Waals surface area contributed by atoms with Crippen LogP contribution in [0.5, 0.6) is 5.75 Å². The molecule has 1 aromatic rings. The highest BCUT2D eigenvalue weighted by atomic mass is 16.5. The second kappa shape index (κ2) is 8.82. The summed E-state index contributed by atoms with van der Waals surface area (Å²) in [6.07, 6.45) is 9.04. The number of ether oxygens (including phenoxy) is 1. The standard InChI is InChI=1S/C15H23NO/c1-2-3-4-5-6-7-11-17-15-10-8-9-14(12-15)13-16/h4-5,8-10,12H,2-3,6-7,11,13,16H2,1H3. The molecule has 2 nitrogen and oxygen atoms in total. The highest BCUT2D eigenvalue weighted by Gasteiger charge is 1.94. The van der Waals surface area contributed by atoms with Crippen LogP contribution < -0.4 is 10.5 Å². The first-order valence-corrected chi connectivity index (χ1v) is 6.43. The molecule has 0 aliphatic rings. The summed E-state index contributed by atoms with van der Waals surface area (Å²) < 4.78 is 5.67. The van der Waals surface area contributed by atoms with Gasteiger partial charge in [0.25, 0.3) is 0 Å². The van der Waals surface area contributed by atoms with E-state index in [1.165, 1.54) is 12.8 Å². The summed E-state index contributed by atoms with van der Waals surface area (Å²) in [6.45, 7) is 3.53. The number of allylic oxidation sites excluding steroid dienone is 2. The average Bonchev–Trinajstić information content (AvgIpc) is 2.38. The molecule has 0 amide bonds. The fourth-order valence-corrected chi connectivity index (χ4v) is 1.56. The molecule has 0 unspecified atom stereocenters. The van der Waals surface area contributed by atoms with Gasteiger partial charge in [-0.2, -0.15) is 0 Å². The molecule has 1 rings (SSSR count). The summed E-state index contributed by atoms with van der Waals surface area (Å²) >= 11 is 0. The third-order valence-corrected chi connectivity index (χ3v) is 2.54. The summed E-state index contributed by atoms with van der Waals surface area (Å²) in [4.78, 5) is 0. The highest BCUT2D eigenvalue weighted by molar-refractivity contribution is 5.28. The van der Waals surface area contributed by atoms with Crippen molar-refractivity contribution in [2.45, 2.75) is 39.2 Å². The van der Waals surface area contributed by atoms with Crippen LogP contribution in [0.15, 0.2) is 36.4 Å². The van der Waals surface area contributed by atoms with E-state index in [4.69, 9.17) is 10.5 Å². The van der Waals surface area contributed by atoms with E-state index in [0.717, 1.165) is 30.8 Å². The Hall–Kier alpha value is -1.28. The number of nitrogens with two attached hydrogens (primary N) is 1. The lowest BCUT2D eigenvalue weighted by atomic mass is 10.2. The monoisotopic (exact) mass is 233 g/mol. The summed E-state index contributed by atoms with van der Waals surface area (Å²) in [5, 5.41) is 0. The molecule has 2 N–H and O–H groups in total. The average molecular weight is 233 g/mol. The number of rotatable bonds is 8. The van der Waals surface area contributed by atoms with E-state index in [9.17, 15) is 0 Å². The molecule has 0 saturated heterocycles. The van der Waals surface area contributed by atoms with Crippen molar-refractivity contribution in [3.63, 3.8) is 0 Å². The van der Waals surface area contributed by atoms with Gasteiger partial charge in [0, 0.05) is 6.54 Å². The van der Waals surface area contributed by atoms with Crippen molar-refractivity contribution in [2.24, 2.45) is 5.73 Å². The van der Waals surface area contributed by atoms with Crippen molar-refractivity contribution >= 4 is 0 Å². The van der Waals surface area contributed by atoms with Crippen molar-refractivity contribution in [3.8, 4) is 5.75 Å². The normalized spacial score (nSPS) is 10.9. The van der Waals surface area contributed by atoms with Gasteiger partial charge in [-0.15, -0.1) is 0 Å². The maximum Gasteiger partial charge on any atom is 0.119 e. The smallest absolute Gasteiger partial charge is 0.119 e. The molecule has 0 bridgehead atoms. The fourth-order valence-electron chi connectivity index (χ4n) is 1.56. The van der Waals surface area contributed by atoms with E-state index in [0.29, 0.717) is 6.54 Å². The molecule has 0 aliphatic carbocycles. The summed E-state index contributed by atoms with van der Waals surface area (Å²) in [5.41, 5.74) is 6.69. The number of unbranched alkanes of at least 4 members (excludes halogenated alkanes) is 2. The lowest BCUT2D eigenvalue weighted by Crippen LogP contribution is -1.99. The van der Waals surface area contributed by atoms with Crippen LogP contribution in [0.1, 0.15) is 38.2 Å². The van der Waals surface area contributed by atoms with Crippen LogP contribution in [0.2, 0.25) is 0 Å². The van der Waals surface area contributed by atoms with Gasteiger partial charge in [-0.3, -0.25) is 0 Å². The van der Waals surface area contributed by atoms with Crippen molar-refractivity contribution in [2.75, 3.05) is 6.61 Å². The first-order chi connectivity index (χ1) is 8.36. The Balaban J connectivity index is 2.17. The van der Waals surface area contributed by atoms with Crippen LogP contribution in [-0.4, -0.2) is 6.61 Å². The van der Waals surface area contributed by atoms with E-state index < -0.39 is 0 Å². The topological polar surface area (TPSA) is 35.2 Å². The van der Waals surface area contributed by atoms with E-state index in [2.05, 4.69) is 19.1 Å². The lowest BCUT2D eigenvalue weighted by Gasteiger charge is -2.06. The summed E-state index contributed by atoms with van der Waals surface area (Å²) in [6, 6.07) is 7.98. The van der Waals surface area contributed by atoms with Crippen molar-refractivity contribution in [1.82, 2.24) is 0 Å². The molecule has 0 atom stereocenters. The Morgan fingerprint density at radius 3 is 2.82 bits per heavy atom. The van der Waals surface area contributed by atoms with Gasteiger partial charge in [0.05, 0.1) is 6.61 Å². The van der Waals surface area contributed by atoms with Gasteiger partial charge >= 0.3 is 0 Å². The van der Waals surface area contributed by atoms with Gasteiger partial charge < -0.3 is 10.5 Å². The van der Waals surface area contributed by atoms with E-state index >= 15 is 0 Å². The zero-order valence-corrected chi connectivity index (χ0v) is 10.7. The molecule has 0 fully saturated rings. The fraction of sp³-hybridized carbons (Fsp3) is 0.467. The Labute approximate surface area is 104 Å². The molecular formula is C15H23NO. The predicted octanol–water partition coefficient (Wildman–Crippen LogP) is 3.66. The van der Waals surface area contributed by atoms with Crippen LogP contribution >= 0.6 is 0 Å². The van der Waals surface area contributed by atoms with Crippen LogP contribution in [0.4, 0.5) is 0 Å². The molecular weight excluding hydrogens is 210 g/mol. The van der Waals surface area contributed by atoms with Gasteiger partial charge in [-0.1, -0.05) is 37.6 Å². The number of benzene rings is 1. The number of hydrogen-bond acceptors (Lipinski definition) is 2. The summed E-state index contributed by atoms with van der Waals surface area (Å²) in [5.74, 6) is 0.922. The van der Waals surface area contributed by atoms with Crippen LogP contribution in [0.3, 0.4) is 0 Å². The predicted molar refractivity (Wildman–Crippen MR) is 73.1 cm³/mol. The second-order valence-corrected chi connectivity index (χ2v) is 4.10. The SMILES string of the molecule is CCCC=CCCCOc1cccc(CN)c1. The van der Waals surface area contributed by atoms with Crippen molar-refractivity contribution < 1.29 is 4.74 Å². The molecule has 0 aliphatic heterocycles. The van der Waals surface area contributed by atoms with Gasteiger partial charge in [0.1, 0.15) is 5.75 Å². The third kappa shape index (κ3) is 6.12. The maximum atomic E-state index is 5.67. The van der Waals surface area contributed by atoms with Crippen molar-refractivity contribution in [1.29, 1.82) is 0 Å². The minimum absolute atomic E-state index is 0.566. The first-order valence-electron chi connectivity index (χ1n) is 6.43. The molecule has 0 spiro atoms. The van der Waals surface area contributed by atoms with Crippen LogP contribution in [0.25, 0.3) is 0 Å². The van der Waals surface area contributed by atoms with Crippen LogP contribution in [-0.2, 0) is 6.54 Å². The molecule has 0 aromatic heterocycles. The van der Waals surface area contributed by atoms with Gasteiger partial charge in [0.15, 0.2) is 0 Å². The minimum atomic E-state index is 0.566. The van der Waals surface area contributed by atoms with Crippen LogP contribution in [0, 0.1) is 0 Å². The largest absolute Gasteiger partial charge is 0.494 e. The van der Waals surface area contributed by atoms with Gasteiger partial charge in [-0.05, 0) is 37.0 Å². The molecule has 0 heterocycles. The maximum absolute atomic E-state index is 5.67. The quantitative estimate of drug-likeness (QED) is 0.549. The Bertz CT molecular complexity index is 333. The third-order valence-electron chi connectivity index (χ3n) is 2.54. The number of hydrogen-bond donors (Lipinski definition) is 1. The lowest BCUT2D eigenvalue weighted by molar-refractivity contribution is 0.312. The van der Waals surface area contributed by atoms with Gasteiger partial charge in [-0.25, -0.2) is 0 Å². The Morgan fingerprint density at radius 1 is 1.24 bits per heavy atom. The van der Waals surface area contributed by atoms with E-state index in [-0.39, 0.29) is 0 Å². The molecule has 0 saturated carbocycles. The van der Waals surface area contributed by atoms with Gasteiger partial charge in [0.2, 0.25) is 0 Å². The molecule has 0 radical (unpaired) electrons.